The van der Waals surface area contributed by atoms with Gasteiger partial charge >= 0.3 is 0 Å². The predicted octanol–water partition coefficient (Wildman–Crippen LogP) is 3.12. The molecule has 1 aliphatic rings. The lowest BCUT2D eigenvalue weighted by molar-refractivity contribution is 0.417. The molecule has 7 heteroatoms. The maximum absolute atomic E-state index is 5.63. The molecule has 4 aromatic rings. The van der Waals surface area contributed by atoms with Crippen molar-refractivity contribution in [3.05, 3.63) is 72.8 Å². The molecule has 1 saturated heterocycles. The smallest absolute Gasteiger partial charge is 0.162 e. The third kappa shape index (κ3) is 4.04. The molecule has 7 nitrogen and oxygen atoms in total. The van der Waals surface area contributed by atoms with E-state index in [0.29, 0.717) is 17.6 Å². The van der Waals surface area contributed by atoms with Crippen molar-refractivity contribution in [1.29, 1.82) is 0 Å². The standard InChI is InChI=1S/C24H24N6O/c1-31-21-15-26-14-20-22(21)24(29-23(28-20)18-7-9-25-10-8-18)30-12-11-27-19(16-30)13-17-5-3-2-4-6-17/h2-10,14-15,19,27H,11-13,16H2,1H3/t19-/m1/s1. The molecule has 1 atom stereocenters. The minimum Gasteiger partial charge on any atom is -0.494 e. The van der Waals surface area contributed by atoms with Crippen molar-refractivity contribution in [1.82, 2.24) is 25.3 Å². The molecule has 5 rings (SSSR count). The second kappa shape index (κ2) is 8.65. The van der Waals surface area contributed by atoms with Crippen molar-refractivity contribution in [2.75, 3.05) is 31.6 Å². The molecule has 0 spiro atoms. The highest BCUT2D eigenvalue weighted by molar-refractivity contribution is 5.95. The highest BCUT2D eigenvalue weighted by Crippen LogP contribution is 2.34. The van der Waals surface area contributed by atoms with Crippen molar-refractivity contribution >= 4 is 16.7 Å². The van der Waals surface area contributed by atoms with E-state index in [1.807, 2.05) is 12.1 Å². The molecule has 0 radical (unpaired) electrons. The van der Waals surface area contributed by atoms with Gasteiger partial charge in [-0.25, -0.2) is 9.97 Å². The van der Waals surface area contributed by atoms with Gasteiger partial charge in [-0.15, -0.1) is 0 Å². The molecule has 0 bridgehead atoms. The van der Waals surface area contributed by atoms with E-state index in [4.69, 9.17) is 14.7 Å². The number of aromatic nitrogens is 4. The molecule has 0 amide bonds. The number of nitrogens with zero attached hydrogens (tertiary/aromatic N) is 5. The number of piperazine rings is 1. The summed E-state index contributed by atoms with van der Waals surface area (Å²) in [4.78, 5) is 20.5. The SMILES string of the molecule is COc1cncc2nc(-c3ccncc3)nc(N3CCN[C@H](Cc4ccccc4)C3)c12. The summed E-state index contributed by atoms with van der Waals surface area (Å²) < 4.78 is 5.63. The molecule has 0 aliphatic carbocycles. The van der Waals surface area contributed by atoms with E-state index in [-0.39, 0.29) is 0 Å². The average Bonchev–Trinajstić information content (AvgIpc) is 2.84. The predicted molar refractivity (Wildman–Crippen MR) is 121 cm³/mol. The fraction of sp³-hybridized carbons (Fsp3) is 0.250. The van der Waals surface area contributed by atoms with Crippen molar-refractivity contribution in [3.8, 4) is 17.1 Å². The lowest BCUT2D eigenvalue weighted by Crippen LogP contribution is -2.52. The Hall–Kier alpha value is -3.58. The molecule has 1 fully saturated rings. The number of rotatable bonds is 5. The Morgan fingerprint density at radius 2 is 1.87 bits per heavy atom. The topological polar surface area (TPSA) is 76.1 Å². The van der Waals surface area contributed by atoms with Crippen LogP contribution in [0.4, 0.5) is 5.82 Å². The Labute approximate surface area is 181 Å². The molecule has 4 heterocycles. The van der Waals surface area contributed by atoms with Gasteiger partial charge in [-0.3, -0.25) is 9.97 Å². The summed E-state index contributed by atoms with van der Waals surface area (Å²) in [5.74, 6) is 2.24. The minimum absolute atomic E-state index is 0.332. The number of hydrogen-bond donors (Lipinski definition) is 1. The molecule has 156 valence electrons. The second-order valence-corrected chi connectivity index (χ2v) is 7.63. The van der Waals surface area contributed by atoms with Crippen molar-refractivity contribution in [3.63, 3.8) is 0 Å². The van der Waals surface area contributed by atoms with Crippen LogP contribution < -0.4 is 15.0 Å². The molecular formula is C24H24N6O. The number of hydrogen-bond acceptors (Lipinski definition) is 7. The molecule has 1 N–H and O–H groups in total. The van der Waals surface area contributed by atoms with Crippen LogP contribution in [0.5, 0.6) is 5.75 Å². The van der Waals surface area contributed by atoms with Crippen LogP contribution in [0.15, 0.2) is 67.3 Å². The van der Waals surface area contributed by atoms with E-state index in [2.05, 4.69) is 50.5 Å². The van der Waals surface area contributed by atoms with Gasteiger partial charge < -0.3 is 15.0 Å². The lowest BCUT2D eigenvalue weighted by Gasteiger charge is -2.35. The van der Waals surface area contributed by atoms with Gasteiger partial charge in [-0.05, 0) is 24.1 Å². The van der Waals surface area contributed by atoms with E-state index in [1.54, 1.807) is 31.9 Å². The number of pyridine rings is 2. The van der Waals surface area contributed by atoms with E-state index < -0.39 is 0 Å². The zero-order valence-electron chi connectivity index (χ0n) is 17.4. The number of nitrogens with one attached hydrogen (secondary N) is 1. The van der Waals surface area contributed by atoms with Crippen molar-refractivity contribution < 1.29 is 4.74 Å². The molecule has 1 aliphatic heterocycles. The number of benzene rings is 1. The Morgan fingerprint density at radius 1 is 1.03 bits per heavy atom. The normalized spacial score (nSPS) is 16.4. The van der Waals surface area contributed by atoms with Crippen LogP contribution >= 0.6 is 0 Å². The summed E-state index contributed by atoms with van der Waals surface area (Å²) >= 11 is 0. The van der Waals surface area contributed by atoms with Crippen LogP contribution in [0.1, 0.15) is 5.56 Å². The highest BCUT2D eigenvalue weighted by atomic mass is 16.5. The maximum atomic E-state index is 5.63. The monoisotopic (exact) mass is 412 g/mol. The maximum Gasteiger partial charge on any atom is 0.162 e. The first-order valence-electron chi connectivity index (χ1n) is 10.4. The van der Waals surface area contributed by atoms with Crippen LogP contribution in [0.25, 0.3) is 22.3 Å². The number of anilines is 1. The third-order valence-corrected chi connectivity index (χ3v) is 5.59. The Balaban J connectivity index is 1.55. The van der Waals surface area contributed by atoms with Gasteiger partial charge in [0.05, 0.1) is 30.4 Å². The molecule has 1 aromatic carbocycles. The second-order valence-electron chi connectivity index (χ2n) is 7.63. The van der Waals surface area contributed by atoms with Gasteiger partial charge in [0.15, 0.2) is 5.82 Å². The molecule has 0 unspecified atom stereocenters. The van der Waals surface area contributed by atoms with Gasteiger partial charge in [-0.2, -0.15) is 0 Å². The fourth-order valence-electron chi connectivity index (χ4n) is 4.10. The van der Waals surface area contributed by atoms with Crippen LogP contribution in [0, 0.1) is 0 Å². The van der Waals surface area contributed by atoms with Crippen LogP contribution in [0.3, 0.4) is 0 Å². The summed E-state index contributed by atoms with van der Waals surface area (Å²) in [6.07, 6.45) is 7.98. The largest absolute Gasteiger partial charge is 0.494 e. The van der Waals surface area contributed by atoms with Gasteiger partial charge in [0.25, 0.3) is 0 Å². The molecule has 31 heavy (non-hydrogen) atoms. The van der Waals surface area contributed by atoms with Gasteiger partial charge in [0.1, 0.15) is 11.6 Å². The summed E-state index contributed by atoms with van der Waals surface area (Å²) in [5.41, 5.74) is 3.03. The minimum atomic E-state index is 0.332. The molecule has 3 aromatic heterocycles. The third-order valence-electron chi connectivity index (χ3n) is 5.59. The molecular weight excluding hydrogens is 388 g/mol. The van der Waals surface area contributed by atoms with Crippen LogP contribution in [-0.2, 0) is 6.42 Å². The first-order valence-corrected chi connectivity index (χ1v) is 10.4. The van der Waals surface area contributed by atoms with Crippen molar-refractivity contribution in [2.45, 2.75) is 12.5 Å². The van der Waals surface area contributed by atoms with Crippen molar-refractivity contribution in [2.24, 2.45) is 0 Å². The number of fused-ring (bicyclic) bond motifs is 1. The Morgan fingerprint density at radius 3 is 2.68 bits per heavy atom. The molecule has 0 saturated carbocycles. The summed E-state index contributed by atoms with van der Waals surface area (Å²) in [6, 6.07) is 14.8. The van der Waals surface area contributed by atoms with Gasteiger partial charge in [0.2, 0.25) is 0 Å². The first-order chi connectivity index (χ1) is 15.3. The zero-order valence-corrected chi connectivity index (χ0v) is 17.4. The summed E-state index contributed by atoms with van der Waals surface area (Å²) in [7, 11) is 1.66. The first kappa shape index (κ1) is 19.4. The summed E-state index contributed by atoms with van der Waals surface area (Å²) in [6.45, 7) is 2.60. The zero-order chi connectivity index (χ0) is 21.0. The van der Waals surface area contributed by atoms with Crippen LogP contribution in [-0.4, -0.2) is 52.7 Å². The van der Waals surface area contributed by atoms with E-state index >= 15 is 0 Å². The van der Waals surface area contributed by atoms with E-state index in [9.17, 15) is 0 Å². The average molecular weight is 412 g/mol. The van der Waals surface area contributed by atoms with E-state index in [1.165, 1.54) is 5.56 Å². The number of methoxy groups -OCH3 is 1. The van der Waals surface area contributed by atoms with Gasteiger partial charge in [-0.1, -0.05) is 30.3 Å². The van der Waals surface area contributed by atoms with E-state index in [0.717, 1.165) is 48.3 Å². The lowest BCUT2D eigenvalue weighted by atomic mass is 10.0. The Kier molecular flexibility index (Phi) is 5.41. The quantitative estimate of drug-likeness (QED) is 0.540. The van der Waals surface area contributed by atoms with Crippen LogP contribution in [0.2, 0.25) is 0 Å². The Bertz CT molecular complexity index is 1170. The highest BCUT2D eigenvalue weighted by Gasteiger charge is 2.25. The number of ether oxygens (including phenoxy) is 1. The summed E-state index contributed by atoms with van der Waals surface area (Å²) in [5, 5.41) is 4.55. The fourth-order valence-corrected chi connectivity index (χ4v) is 4.10. The van der Waals surface area contributed by atoms with Gasteiger partial charge in [0, 0.05) is 43.6 Å².